The molecule has 6 nitrogen and oxygen atoms in total. The number of carbonyl (C=O) groups excluding carboxylic acids is 1. The van der Waals surface area contributed by atoms with E-state index in [2.05, 4.69) is 10.3 Å². The molecule has 0 unspecified atom stereocenters. The van der Waals surface area contributed by atoms with Crippen LogP contribution in [0.5, 0.6) is 11.5 Å². The molecule has 1 fully saturated rings. The minimum absolute atomic E-state index is 0.0285. The van der Waals surface area contributed by atoms with Crippen LogP contribution in [0, 0.1) is 5.92 Å². The molecule has 136 valence electrons. The van der Waals surface area contributed by atoms with Gasteiger partial charge < -0.3 is 20.5 Å². The van der Waals surface area contributed by atoms with Crippen LogP contribution in [0.1, 0.15) is 25.7 Å². The van der Waals surface area contributed by atoms with Gasteiger partial charge in [0.2, 0.25) is 5.91 Å². The molecule has 0 bridgehead atoms. The average Bonchev–Trinajstić information content (AvgIpc) is 3.06. The van der Waals surface area contributed by atoms with Crippen molar-refractivity contribution in [1.29, 1.82) is 0 Å². The van der Waals surface area contributed by atoms with Gasteiger partial charge in [-0.05, 0) is 49.1 Å². The van der Waals surface area contributed by atoms with Crippen molar-refractivity contribution in [2.24, 2.45) is 11.7 Å². The summed E-state index contributed by atoms with van der Waals surface area (Å²) in [5, 5.41) is 2.90. The normalized spacial score (nSPS) is 21.4. The molecule has 4 rings (SSSR count). The van der Waals surface area contributed by atoms with Gasteiger partial charge >= 0.3 is 0 Å². The minimum atomic E-state index is -0.0285. The van der Waals surface area contributed by atoms with Crippen LogP contribution in [0.2, 0.25) is 0 Å². The summed E-state index contributed by atoms with van der Waals surface area (Å²) in [7, 11) is 0. The van der Waals surface area contributed by atoms with Crippen molar-refractivity contribution in [2.45, 2.75) is 31.7 Å². The number of benzene rings is 1. The number of nitrogens with two attached hydrogens (primary N) is 1. The predicted octanol–water partition coefficient (Wildman–Crippen LogP) is 2.98. The standard InChI is InChI=1S/C20H23N3O3/c21-15-4-1-3-13(15)12-20(24)23-19-6-2-5-16(22-19)14-7-8-17-18(11-14)26-10-9-25-17/h2,5-8,11,13,15H,1,3-4,9-10,12,21H2,(H,22,23,24)/t13-,15+/m0/s1. The minimum Gasteiger partial charge on any atom is -0.486 e. The van der Waals surface area contributed by atoms with Crippen molar-refractivity contribution in [1.82, 2.24) is 4.98 Å². The Labute approximate surface area is 152 Å². The SMILES string of the molecule is N[C@@H]1CCC[C@H]1CC(=O)Nc1cccc(-c2ccc3c(c2)OCCO3)n1. The molecule has 6 heteroatoms. The van der Waals surface area contributed by atoms with Crippen molar-refractivity contribution in [2.75, 3.05) is 18.5 Å². The van der Waals surface area contributed by atoms with Crippen LogP contribution in [0.4, 0.5) is 5.82 Å². The van der Waals surface area contributed by atoms with E-state index < -0.39 is 0 Å². The van der Waals surface area contributed by atoms with Crippen molar-refractivity contribution in [3.63, 3.8) is 0 Å². The number of nitrogens with zero attached hydrogens (tertiary/aromatic N) is 1. The van der Waals surface area contributed by atoms with Gasteiger partial charge in [0, 0.05) is 18.0 Å². The zero-order chi connectivity index (χ0) is 17.9. The molecule has 1 aliphatic carbocycles. The first-order chi connectivity index (χ1) is 12.7. The molecular formula is C20H23N3O3. The molecule has 1 aromatic carbocycles. The number of hydrogen-bond acceptors (Lipinski definition) is 5. The Hall–Kier alpha value is -2.60. The molecule has 2 atom stereocenters. The van der Waals surface area contributed by atoms with Crippen molar-refractivity contribution in [3.05, 3.63) is 36.4 Å². The number of rotatable bonds is 4. The Morgan fingerprint density at radius 2 is 2.00 bits per heavy atom. The second-order valence-electron chi connectivity index (χ2n) is 6.87. The highest BCUT2D eigenvalue weighted by atomic mass is 16.6. The van der Waals surface area contributed by atoms with E-state index in [1.165, 1.54) is 0 Å². The molecule has 0 radical (unpaired) electrons. The predicted molar refractivity (Wildman–Crippen MR) is 99.2 cm³/mol. The molecule has 26 heavy (non-hydrogen) atoms. The fourth-order valence-electron chi connectivity index (χ4n) is 3.62. The number of aromatic nitrogens is 1. The van der Waals surface area contributed by atoms with Gasteiger partial charge in [-0.25, -0.2) is 4.98 Å². The molecule has 1 aliphatic heterocycles. The van der Waals surface area contributed by atoms with Crippen LogP contribution >= 0.6 is 0 Å². The van der Waals surface area contributed by atoms with Gasteiger partial charge in [0.05, 0.1) is 5.69 Å². The topological polar surface area (TPSA) is 86.5 Å². The number of hydrogen-bond donors (Lipinski definition) is 2. The molecule has 1 saturated carbocycles. The molecule has 1 aromatic heterocycles. The number of pyridine rings is 1. The van der Waals surface area contributed by atoms with E-state index in [0.29, 0.717) is 25.5 Å². The van der Waals surface area contributed by atoms with E-state index in [1.54, 1.807) is 6.07 Å². The smallest absolute Gasteiger partial charge is 0.225 e. The summed E-state index contributed by atoms with van der Waals surface area (Å²) in [5.41, 5.74) is 7.75. The molecule has 3 N–H and O–H groups in total. The fourth-order valence-corrected chi connectivity index (χ4v) is 3.62. The van der Waals surface area contributed by atoms with Gasteiger partial charge in [0.25, 0.3) is 0 Å². The lowest BCUT2D eigenvalue weighted by Crippen LogP contribution is -2.28. The summed E-state index contributed by atoms with van der Waals surface area (Å²) in [4.78, 5) is 16.9. The Morgan fingerprint density at radius 3 is 2.81 bits per heavy atom. The highest BCUT2D eigenvalue weighted by Crippen LogP contribution is 2.34. The Balaban J connectivity index is 1.47. The number of anilines is 1. The third kappa shape index (κ3) is 3.65. The highest BCUT2D eigenvalue weighted by molar-refractivity contribution is 5.90. The maximum Gasteiger partial charge on any atom is 0.225 e. The van der Waals surface area contributed by atoms with E-state index in [1.807, 2.05) is 30.3 Å². The number of fused-ring (bicyclic) bond motifs is 1. The zero-order valence-electron chi connectivity index (χ0n) is 14.6. The Morgan fingerprint density at radius 1 is 1.15 bits per heavy atom. The lowest BCUT2D eigenvalue weighted by atomic mass is 10.00. The van der Waals surface area contributed by atoms with Crippen LogP contribution < -0.4 is 20.5 Å². The van der Waals surface area contributed by atoms with Gasteiger partial charge in [0.15, 0.2) is 11.5 Å². The number of ether oxygens (including phenoxy) is 2. The lowest BCUT2D eigenvalue weighted by Gasteiger charge is -2.19. The Kier molecular flexibility index (Phi) is 4.75. The quantitative estimate of drug-likeness (QED) is 0.882. The number of nitrogens with one attached hydrogen (secondary N) is 1. The van der Waals surface area contributed by atoms with Gasteiger partial charge in [-0.3, -0.25) is 4.79 Å². The van der Waals surface area contributed by atoms with Crippen LogP contribution in [0.3, 0.4) is 0 Å². The molecule has 1 amide bonds. The van der Waals surface area contributed by atoms with Crippen molar-refractivity contribution >= 4 is 11.7 Å². The Bertz CT molecular complexity index is 809. The summed E-state index contributed by atoms with van der Waals surface area (Å²) in [6.45, 7) is 1.11. The molecule has 0 spiro atoms. The van der Waals surface area contributed by atoms with E-state index in [4.69, 9.17) is 15.2 Å². The van der Waals surface area contributed by atoms with Crippen molar-refractivity contribution < 1.29 is 14.3 Å². The number of carbonyl (C=O) groups is 1. The average molecular weight is 353 g/mol. The second kappa shape index (κ2) is 7.33. The summed E-state index contributed by atoms with van der Waals surface area (Å²) >= 11 is 0. The molecule has 2 heterocycles. The number of amides is 1. The van der Waals surface area contributed by atoms with E-state index in [9.17, 15) is 4.79 Å². The van der Waals surface area contributed by atoms with Crippen molar-refractivity contribution in [3.8, 4) is 22.8 Å². The summed E-state index contributed by atoms with van der Waals surface area (Å²) < 4.78 is 11.2. The first-order valence-electron chi connectivity index (χ1n) is 9.11. The summed E-state index contributed by atoms with van der Waals surface area (Å²) in [6, 6.07) is 11.5. The molecular weight excluding hydrogens is 330 g/mol. The van der Waals surface area contributed by atoms with Crippen LogP contribution in [-0.4, -0.2) is 30.1 Å². The first-order valence-corrected chi connectivity index (χ1v) is 9.11. The van der Waals surface area contributed by atoms with Gasteiger partial charge in [-0.2, -0.15) is 0 Å². The third-order valence-electron chi connectivity index (χ3n) is 5.02. The summed E-state index contributed by atoms with van der Waals surface area (Å²) in [5.74, 6) is 2.27. The molecule has 2 aliphatic rings. The van der Waals surface area contributed by atoms with Gasteiger partial charge in [0.1, 0.15) is 19.0 Å². The lowest BCUT2D eigenvalue weighted by molar-refractivity contribution is -0.117. The second-order valence-corrected chi connectivity index (χ2v) is 6.87. The van der Waals surface area contributed by atoms with Crippen LogP contribution in [-0.2, 0) is 4.79 Å². The van der Waals surface area contributed by atoms with E-state index in [0.717, 1.165) is 42.0 Å². The maximum atomic E-state index is 12.3. The first kappa shape index (κ1) is 16.8. The molecule has 2 aromatic rings. The zero-order valence-corrected chi connectivity index (χ0v) is 14.6. The maximum absolute atomic E-state index is 12.3. The van der Waals surface area contributed by atoms with Gasteiger partial charge in [-0.15, -0.1) is 0 Å². The largest absolute Gasteiger partial charge is 0.486 e. The van der Waals surface area contributed by atoms with Gasteiger partial charge in [-0.1, -0.05) is 12.5 Å². The molecule has 0 saturated heterocycles. The van der Waals surface area contributed by atoms with Crippen LogP contribution in [0.15, 0.2) is 36.4 Å². The third-order valence-corrected chi connectivity index (χ3v) is 5.02. The van der Waals surface area contributed by atoms with E-state index in [-0.39, 0.29) is 17.9 Å². The fraction of sp³-hybridized carbons (Fsp3) is 0.400. The monoisotopic (exact) mass is 353 g/mol. The highest BCUT2D eigenvalue weighted by Gasteiger charge is 2.26. The van der Waals surface area contributed by atoms with Crippen LogP contribution in [0.25, 0.3) is 11.3 Å². The van der Waals surface area contributed by atoms with E-state index >= 15 is 0 Å². The summed E-state index contributed by atoms with van der Waals surface area (Å²) in [6.07, 6.45) is 3.60.